The quantitative estimate of drug-likeness (QED) is 0.660. The van der Waals surface area contributed by atoms with Gasteiger partial charge in [-0.1, -0.05) is 42.5 Å². The van der Waals surface area contributed by atoms with Gasteiger partial charge in [0.2, 0.25) is 5.91 Å². The third-order valence-electron chi connectivity index (χ3n) is 5.09. The summed E-state index contributed by atoms with van der Waals surface area (Å²) < 4.78 is 1.89. The second kappa shape index (κ2) is 7.31. The Kier molecular flexibility index (Phi) is 4.69. The van der Waals surface area contributed by atoms with Crippen LogP contribution in [-0.4, -0.2) is 45.2 Å². The van der Waals surface area contributed by atoms with E-state index in [9.17, 15) is 9.59 Å². The van der Waals surface area contributed by atoms with Crippen molar-refractivity contribution in [2.24, 2.45) is 0 Å². The molecule has 1 aliphatic rings. The topological polar surface area (TPSA) is 57.9 Å². The molecule has 0 N–H and O–H groups in total. The van der Waals surface area contributed by atoms with Crippen LogP contribution in [0.1, 0.15) is 11.1 Å². The van der Waals surface area contributed by atoms with E-state index in [0.29, 0.717) is 25.3 Å². The number of nitrogens with zero attached hydrogens (tertiary/aromatic N) is 4. The highest BCUT2D eigenvalue weighted by Crippen LogP contribution is 2.23. The van der Waals surface area contributed by atoms with Gasteiger partial charge in [-0.15, -0.1) is 0 Å². The summed E-state index contributed by atoms with van der Waals surface area (Å²) in [5.41, 5.74) is 2.93. The lowest BCUT2D eigenvalue weighted by atomic mass is 9.99. The number of imidazole rings is 1. The Hall–Kier alpha value is -3.41. The fourth-order valence-corrected chi connectivity index (χ4v) is 3.71. The van der Waals surface area contributed by atoms with E-state index in [-0.39, 0.29) is 11.8 Å². The van der Waals surface area contributed by atoms with Crippen molar-refractivity contribution in [1.82, 2.24) is 14.3 Å². The van der Waals surface area contributed by atoms with E-state index in [1.54, 1.807) is 9.80 Å². The minimum atomic E-state index is -0.578. The molecule has 28 heavy (non-hydrogen) atoms. The molecular formula is C22H22N4O2. The van der Waals surface area contributed by atoms with Crippen LogP contribution in [0.3, 0.4) is 0 Å². The summed E-state index contributed by atoms with van der Waals surface area (Å²) in [4.78, 5) is 33.6. The molecule has 1 unspecified atom stereocenters. The van der Waals surface area contributed by atoms with Gasteiger partial charge in [-0.25, -0.2) is 4.98 Å². The van der Waals surface area contributed by atoms with Crippen LogP contribution in [0.2, 0.25) is 0 Å². The third-order valence-corrected chi connectivity index (χ3v) is 5.09. The van der Waals surface area contributed by atoms with Crippen molar-refractivity contribution in [2.75, 3.05) is 18.0 Å². The largest absolute Gasteiger partial charge is 0.325 e. The maximum Gasteiger partial charge on any atom is 0.251 e. The fourth-order valence-electron chi connectivity index (χ4n) is 3.71. The number of carbonyl (C=O) groups is 2. The minimum absolute atomic E-state index is 0.119. The third kappa shape index (κ3) is 3.29. The highest BCUT2D eigenvalue weighted by molar-refractivity contribution is 6.01. The number of anilines is 1. The van der Waals surface area contributed by atoms with Gasteiger partial charge < -0.3 is 9.30 Å². The maximum atomic E-state index is 13.4. The van der Waals surface area contributed by atoms with Crippen LogP contribution in [0, 0.1) is 6.92 Å². The first-order valence-corrected chi connectivity index (χ1v) is 9.30. The molecule has 2 amide bonds. The molecule has 0 bridgehead atoms. The van der Waals surface area contributed by atoms with E-state index in [2.05, 4.69) is 11.6 Å². The SMILES string of the molecule is C=CC(=O)N1CCN(c2cn3ccccc3n2)C(=O)C1Cc1cccc(C)c1. The zero-order chi connectivity index (χ0) is 19.7. The Morgan fingerprint density at radius 2 is 2.11 bits per heavy atom. The van der Waals surface area contributed by atoms with Gasteiger partial charge in [-0.2, -0.15) is 0 Å². The molecule has 1 aromatic carbocycles. The number of aryl methyl sites for hydroxylation is 1. The van der Waals surface area contributed by atoms with Gasteiger partial charge in [0.1, 0.15) is 11.7 Å². The molecule has 1 fully saturated rings. The van der Waals surface area contributed by atoms with E-state index in [4.69, 9.17) is 0 Å². The minimum Gasteiger partial charge on any atom is -0.325 e. The highest BCUT2D eigenvalue weighted by Gasteiger charge is 2.38. The number of aromatic nitrogens is 2. The predicted octanol–water partition coefficient (Wildman–Crippen LogP) is 2.62. The maximum absolute atomic E-state index is 13.4. The Bertz CT molecular complexity index is 1020. The Morgan fingerprint density at radius 3 is 2.86 bits per heavy atom. The fraction of sp³-hybridized carbons (Fsp3) is 0.227. The molecule has 4 rings (SSSR count). The Morgan fingerprint density at radius 1 is 1.25 bits per heavy atom. The molecule has 1 atom stereocenters. The first-order valence-electron chi connectivity index (χ1n) is 9.30. The number of benzene rings is 1. The summed E-state index contributed by atoms with van der Waals surface area (Å²) in [6, 6.07) is 13.2. The predicted molar refractivity (Wildman–Crippen MR) is 108 cm³/mol. The second-order valence-corrected chi connectivity index (χ2v) is 7.00. The van der Waals surface area contributed by atoms with Gasteiger partial charge in [0, 0.05) is 25.7 Å². The molecule has 6 heteroatoms. The Balaban J connectivity index is 1.67. The van der Waals surface area contributed by atoms with Gasteiger partial charge in [0.25, 0.3) is 5.91 Å². The van der Waals surface area contributed by atoms with Crippen molar-refractivity contribution in [2.45, 2.75) is 19.4 Å². The number of amides is 2. The molecular weight excluding hydrogens is 352 g/mol. The lowest BCUT2D eigenvalue weighted by molar-refractivity contribution is -0.138. The van der Waals surface area contributed by atoms with Crippen LogP contribution in [0.15, 0.2) is 67.5 Å². The van der Waals surface area contributed by atoms with Crippen molar-refractivity contribution in [3.8, 4) is 0 Å². The lowest BCUT2D eigenvalue weighted by Crippen LogP contribution is -2.59. The first-order chi connectivity index (χ1) is 13.6. The second-order valence-electron chi connectivity index (χ2n) is 7.00. The number of hydrogen-bond acceptors (Lipinski definition) is 3. The number of fused-ring (bicyclic) bond motifs is 1. The monoisotopic (exact) mass is 374 g/mol. The number of carbonyl (C=O) groups excluding carboxylic acids is 2. The van der Waals surface area contributed by atoms with Crippen LogP contribution in [0.4, 0.5) is 5.82 Å². The van der Waals surface area contributed by atoms with E-state index >= 15 is 0 Å². The zero-order valence-corrected chi connectivity index (χ0v) is 15.8. The molecule has 3 aromatic rings. The van der Waals surface area contributed by atoms with Gasteiger partial charge in [0.05, 0.1) is 6.20 Å². The van der Waals surface area contributed by atoms with Crippen LogP contribution in [-0.2, 0) is 16.0 Å². The van der Waals surface area contributed by atoms with Crippen LogP contribution in [0.25, 0.3) is 5.65 Å². The van der Waals surface area contributed by atoms with E-state index in [0.717, 1.165) is 16.8 Å². The number of rotatable bonds is 4. The van der Waals surface area contributed by atoms with Gasteiger partial charge in [-0.3, -0.25) is 14.5 Å². The van der Waals surface area contributed by atoms with E-state index in [1.807, 2.05) is 66.2 Å². The van der Waals surface area contributed by atoms with Crippen molar-refractivity contribution in [3.63, 3.8) is 0 Å². The normalized spacial score (nSPS) is 17.2. The van der Waals surface area contributed by atoms with Crippen molar-refractivity contribution in [1.29, 1.82) is 0 Å². The molecule has 0 saturated carbocycles. The number of hydrogen-bond donors (Lipinski definition) is 0. The van der Waals surface area contributed by atoms with E-state index < -0.39 is 6.04 Å². The summed E-state index contributed by atoms with van der Waals surface area (Å²) in [7, 11) is 0. The zero-order valence-electron chi connectivity index (χ0n) is 15.8. The molecule has 1 aliphatic heterocycles. The van der Waals surface area contributed by atoms with Crippen molar-refractivity contribution in [3.05, 3.63) is 78.6 Å². The summed E-state index contributed by atoms with van der Waals surface area (Å²) in [6.07, 6.45) is 5.49. The summed E-state index contributed by atoms with van der Waals surface area (Å²) >= 11 is 0. The van der Waals surface area contributed by atoms with Gasteiger partial charge in [-0.05, 0) is 30.7 Å². The molecule has 142 valence electrons. The van der Waals surface area contributed by atoms with Crippen LogP contribution in [0.5, 0.6) is 0 Å². The average molecular weight is 374 g/mol. The Labute approximate surface area is 163 Å². The van der Waals surface area contributed by atoms with Crippen molar-refractivity contribution >= 4 is 23.3 Å². The van der Waals surface area contributed by atoms with Crippen molar-refractivity contribution < 1.29 is 9.59 Å². The van der Waals surface area contributed by atoms with Crippen LogP contribution < -0.4 is 4.90 Å². The smallest absolute Gasteiger partial charge is 0.251 e. The molecule has 0 radical (unpaired) electrons. The molecule has 6 nitrogen and oxygen atoms in total. The molecule has 0 aliphatic carbocycles. The summed E-state index contributed by atoms with van der Waals surface area (Å²) in [5.74, 6) is 0.267. The van der Waals surface area contributed by atoms with E-state index in [1.165, 1.54) is 6.08 Å². The summed E-state index contributed by atoms with van der Waals surface area (Å²) in [5, 5.41) is 0. The summed E-state index contributed by atoms with van der Waals surface area (Å²) in [6.45, 7) is 6.46. The molecule has 2 aromatic heterocycles. The lowest BCUT2D eigenvalue weighted by Gasteiger charge is -2.39. The molecule has 1 saturated heterocycles. The van der Waals surface area contributed by atoms with Crippen LogP contribution >= 0.6 is 0 Å². The van der Waals surface area contributed by atoms with Gasteiger partial charge >= 0.3 is 0 Å². The standard InChI is InChI=1S/C22H22N4O2/c1-3-21(27)25-11-12-26(20-15-24-10-5-4-9-19(24)23-20)22(28)18(25)14-17-8-6-7-16(2)13-17/h3-10,13,15,18H,1,11-12,14H2,2H3. The number of pyridine rings is 1. The molecule has 0 spiro atoms. The average Bonchev–Trinajstić information content (AvgIpc) is 3.12. The number of piperazine rings is 1. The van der Waals surface area contributed by atoms with Gasteiger partial charge in [0.15, 0.2) is 5.82 Å². The highest BCUT2D eigenvalue weighted by atomic mass is 16.2. The molecule has 3 heterocycles. The first kappa shape index (κ1) is 18.0.